The minimum absolute atomic E-state index is 0.217. The van der Waals surface area contributed by atoms with Crippen LogP contribution in [0.3, 0.4) is 0 Å². The van der Waals surface area contributed by atoms with Crippen LogP contribution in [0.15, 0.2) is 66.7 Å². The number of benzene rings is 3. The summed E-state index contributed by atoms with van der Waals surface area (Å²) in [6, 6.07) is 19.0. The van der Waals surface area contributed by atoms with Crippen LogP contribution in [0.25, 0.3) is 0 Å². The van der Waals surface area contributed by atoms with Crippen LogP contribution in [-0.2, 0) is 0 Å². The molecule has 3 rings (SSSR count). The van der Waals surface area contributed by atoms with Crippen molar-refractivity contribution in [1.29, 1.82) is 0 Å². The van der Waals surface area contributed by atoms with Crippen molar-refractivity contribution in [1.82, 2.24) is 10.9 Å². The van der Waals surface area contributed by atoms with E-state index >= 15 is 0 Å². The average molecular weight is 513 g/mol. The van der Waals surface area contributed by atoms with Gasteiger partial charge in [0, 0.05) is 25.9 Å². The lowest BCUT2D eigenvalue weighted by Gasteiger charge is -2.10. The van der Waals surface area contributed by atoms with Crippen molar-refractivity contribution in [3.63, 3.8) is 0 Å². The van der Waals surface area contributed by atoms with E-state index in [1.807, 2.05) is 32.0 Å². The Labute approximate surface area is 188 Å². The molecular formula is C23H20IN3O3. The molecular weight excluding hydrogens is 493 g/mol. The number of rotatable bonds is 4. The summed E-state index contributed by atoms with van der Waals surface area (Å²) in [6.07, 6.45) is 0. The molecule has 0 atom stereocenters. The van der Waals surface area contributed by atoms with Crippen molar-refractivity contribution in [2.24, 2.45) is 0 Å². The Kier molecular flexibility index (Phi) is 6.83. The Hall–Kier alpha value is -3.20. The zero-order chi connectivity index (χ0) is 21.7. The van der Waals surface area contributed by atoms with E-state index in [2.05, 4.69) is 38.8 Å². The molecule has 0 unspecified atom stereocenters. The third-order valence-corrected chi connectivity index (χ3v) is 5.68. The van der Waals surface area contributed by atoms with Gasteiger partial charge in [0.1, 0.15) is 0 Å². The molecule has 3 N–H and O–H groups in total. The Balaban J connectivity index is 1.58. The minimum atomic E-state index is -0.457. The number of carbonyl (C=O) groups is 3. The molecule has 0 radical (unpaired) electrons. The third kappa shape index (κ3) is 5.24. The molecule has 3 amide bonds. The molecule has 0 spiro atoms. The quantitative estimate of drug-likeness (QED) is 0.361. The molecule has 0 aliphatic carbocycles. The number of anilines is 1. The van der Waals surface area contributed by atoms with Crippen molar-refractivity contribution in [2.45, 2.75) is 13.8 Å². The van der Waals surface area contributed by atoms with Gasteiger partial charge >= 0.3 is 0 Å². The summed E-state index contributed by atoms with van der Waals surface area (Å²) >= 11 is 2.15. The highest BCUT2D eigenvalue weighted by molar-refractivity contribution is 14.1. The Morgan fingerprint density at radius 3 is 1.93 bits per heavy atom. The van der Waals surface area contributed by atoms with Gasteiger partial charge in [0.15, 0.2) is 0 Å². The topological polar surface area (TPSA) is 87.3 Å². The second-order valence-corrected chi connectivity index (χ2v) is 7.88. The lowest BCUT2D eigenvalue weighted by molar-refractivity contribution is 0.0846. The fourth-order valence-corrected chi connectivity index (χ4v) is 3.24. The molecule has 152 valence electrons. The molecule has 3 aromatic carbocycles. The maximum atomic E-state index is 12.4. The molecule has 0 heterocycles. The van der Waals surface area contributed by atoms with Gasteiger partial charge in [-0.3, -0.25) is 25.2 Å². The van der Waals surface area contributed by atoms with Crippen LogP contribution in [0, 0.1) is 17.4 Å². The van der Waals surface area contributed by atoms with E-state index in [0.29, 0.717) is 22.4 Å². The van der Waals surface area contributed by atoms with E-state index in [4.69, 9.17) is 0 Å². The Morgan fingerprint density at radius 1 is 0.700 bits per heavy atom. The molecule has 30 heavy (non-hydrogen) atoms. The van der Waals surface area contributed by atoms with Crippen LogP contribution < -0.4 is 16.2 Å². The number of aryl methyl sites for hydroxylation is 2. The minimum Gasteiger partial charge on any atom is -0.322 e. The Morgan fingerprint density at radius 2 is 1.30 bits per heavy atom. The van der Waals surface area contributed by atoms with Crippen LogP contribution in [0.4, 0.5) is 5.69 Å². The third-order valence-electron chi connectivity index (χ3n) is 4.52. The lowest BCUT2D eigenvalue weighted by Crippen LogP contribution is -2.41. The lowest BCUT2D eigenvalue weighted by atomic mass is 10.1. The normalized spacial score (nSPS) is 10.2. The summed E-state index contributed by atoms with van der Waals surface area (Å²) in [6.45, 7) is 3.83. The van der Waals surface area contributed by atoms with Gasteiger partial charge in [-0.05, 0) is 90.0 Å². The first kappa shape index (κ1) is 21.5. The summed E-state index contributed by atoms with van der Waals surface area (Å²) < 4.78 is 0.968. The van der Waals surface area contributed by atoms with Gasteiger partial charge in [0.05, 0.1) is 0 Å². The van der Waals surface area contributed by atoms with Crippen LogP contribution in [0.1, 0.15) is 42.2 Å². The summed E-state index contributed by atoms with van der Waals surface area (Å²) in [5.41, 5.74) is 8.72. The first-order valence-corrected chi connectivity index (χ1v) is 10.3. The molecule has 3 aromatic rings. The van der Waals surface area contributed by atoms with Crippen LogP contribution in [0.2, 0.25) is 0 Å². The predicted octanol–water partition coefficient (Wildman–Crippen LogP) is 4.24. The first-order valence-electron chi connectivity index (χ1n) is 9.19. The maximum absolute atomic E-state index is 12.4. The fraction of sp³-hybridized carbons (Fsp3) is 0.0870. The number of hydrazine groups is 1. The molecule has 0 saturated heterocycles. The maximum Gasteiger partial charge on any atom is 0.269 e. The van der Waals surface area contributed by atoms with Gasteiger partial charge < -0.3 is 5.32 Å². The summed E-state index contributed by atoms with van der Waals surface area (Å²) in [4.78, 5) is 36.9. The van der Waals surface area contributed by atoms with Crippen LogP contribution in [0.5, 0.6) is 0 Å². The summed E-state index contributed by atoms with van der Waals surface area (Å²) in [7, 11) is 0. The van der Waals surface area contributed by atoms with Gasteiger partial charge in [0.2, 0.25) is 0 Å². The molecule has 0 saturated carbocycles. The zero-order valence-corrected chi connectivity index (χ0v) is 18.6. The van der Waals surface area contributed by atoms with Gasteiger partial charge in [-0.25, -0.2) is 0 Å². The summed E-state index contributed by atoms with van der Waals surface area (Å²) in [5, 5.41) is 2.81. The molecule has 6 nitrogen and oxygen atoms in total. The number of hydrogen-bond acceptors (Lipinski definition) is 3. The number of nitrogens with one attached hydrogen (secondary N) is 3. The highest BCUT2D eigenvalue weighted by Crippen LogP contribution is 2.15. The van der Waals surface area contributed by atoms with E-state index in [1.54, 1.807) is 48.5 Å². The van der Waals surface area contributed by atoms with E-state index in [9.17, 15) is 14.4 Å². The van der Waals surface area contributed by atoms with E-state index < -0.39 is 11.8 Å². The van der Waals surface area contributed by atoms with Crippen molar-refractivity contribution < 1.29 is 14.4 Å². The van der Waals surface area contributed by atoms with Crippen molar-refractivity contribution in [3.05, 3.63) is 98.1 Å². The van der Waals surface area contributed by atoms with E-state index in [0.717, 1.165) is 14.7 Å². The molecule has 0 bridgehead atoms. The molecule has 0 aliphatic heterocycles. The van der Waals surface area contributed by atoms with E-state index in [1.165, 1.54) is 0 Å². The predicted molar refractivity (Wildman–Crippen MR) is 124 cm³/mol. The summed E-state index contributed by atoms with van der Waals surface area (Å²) in [5.74, 6) is -1.07. The largest absolute Gasteiger partial charge is 0.322 e. The molecule has 0 aliphatic rings. The number of hydrogen-bond donors (Lipinski definition) is 3. The van der Waals surface area contributed by atoms with Crippen LogP contribution >= 0.6 is 22.6 Å². The standard InChI is InChI=1S/C23H20IN3O3/c1-14-5-3-4-6-19(14)23(30)25-18-11-9-16(10-12-18)21(28)26-27-22(29)17-8-7-15(2)20(24)13-17/h3-13H,1-2H3,(H,25,30)(H,26,28)(H,27,29). The van der Waals surface area contributed by atoms with Gasteiger partial charge in [0.25, 0.3) is 17.7 Å². The number of carbonyl (C=O) groups excluding carboxylic acids is 3. The van der Waals surface area contributed by atoms with Gasteiger partial charge in [-0.2, -0.15) is 0 Å². The first-order chi connectivity index (χ1) is 14.3. The highest BCUT2D eigenvalue weighted by atomic mass is 127. The smallest absolute Gasteiger partial charge is 0.269 e. The molecule has 0 fully saturated rings. The van der Waals surface area contributed by atoms with Gasteiger partial charge in [-0.15, -0.1) is 0 Å². The number of amides is 3. The second kappa shape index (κ2) is 9.53. The fourth-order valence-electron chi connectivity index (χ4n) is 2.72. The number of halogens is 1. The van der Waals surface area contributed by atoms with Crippen molar-refractivity contribution in [3.8, 4) is 0 Å². The van der Waals surface area contributed by atoms with Crippen molar-refractivity contribution >= 4 is 46.0 Å². The monoisotopic (exact) mass is 513 g/mol. The average Bonchev–Trinajstić information content (AvgIpc) is 2.74. The Bertz CT molecular complexity index is 1110. The zero-order valence-electron chi connectivity index (χ0n) is 16.5. The van der Waals surface area contributed by atoms with Crippen molar-refractivity contribution in [2.75, 3.05) is 5.32 Å². The van der Waals surface area contributed by atoms with Crippen LogP contribution in [-0.4, -0.2) is 17.7 Å². The SMILES string of the molecule is Cc1ccc(C(=O)NNC(=O)c2ccc(NC(=O)c3ccccc3C)cc2)cc1I. The van der Waals surface area contributed by atoms with Gasteiger partial charge in [-0.1, -0.05) is 24.3 Å². The molecule has 0 aromatic heterocycles. The molecule has 7 heteroatoms. The second-order valence-electron chi connectivity index (χ2n) is 6.72. The van der Waals surface area contributed by atoms with E-state index in [-0.39, 0.29) is 5.91 Å². The highest BCUT2D eigenvalue weighted by Gasteiger charge is 2.12.